The number of amides is 2. The van der Waals surface area contributed by atoms with E-state index in [2.05, 4.69) is 10.3 Å². The smallest absolute Gasteiger partial charge is 0.255 e. The van der Waals surface area contributed by atoms with Gasteiger partial charge in [-0.1, -0.05) is 18.2 Å². The Bertz CT molecular complexity index is 998. The van der Waals surface area contributed by atoms with Crippen molar-refractivity contribution in [1.29, 1.82) is 0 Å². The van der Waals surface area contributed by atoms with Crippen LogP contribution in [0, 0.1) is 0 Å². The van der Waals surface area contributed by atoms with Crippen molar-refractivity contribution in [3.63, 3.8) is 0 Å². The standard InChI is InChI=1S/C23H25N3O3/c1-3-29-21-13-5-4-9-18(21)23(28)25-16-8-14-22(27)26(2)20-12-6-11-19-17(20)10-7-15-24-19/h4-7,9-13,15H,3,8,14,16H2,1-2H3,(H,25,28). The quantitative estimate of drug-likeness (QED) is 0.593. The Hall–Kier alpha value is -3.41. The number of carbonyl (C=O) groups is 2. The largest absolute Gasteiger partial charge is 0.493 e. The van der Waals surface area contributed by atoms with Gasteiger partial charge in [0.15, 0.2) is 0 Å². The number of hydrogen-bond acceptors (Lipinski definition) is 4. The zero-order valence-corrected chi connectivity index (χ0v) is 16.7. The molecule has 0 spiro atoms. The van der Waals surface area contributed by atoms with Gasteiger partial charge in [0.25, 0.3) is 5.91 Å². The van der Waals surface area contributed by atoms with Crippen molar-refractivity contribution in [3.05, 3.63) is 66.4 Å². The lowest BCUT2D eigenvalue weighted by Crippen LogP contribution is -2.29. The minimum absolute atomic E-state index is 0.00896. The first-order chi connectivity index (χ1) is 14.1. The van der Waals surface area contributed by atoms with Crippen LogP contribution < -0.4 is 15.0 Å². The average molecular weight is 391 g/mol. The fraction of sp³-hybridized carbons (Fsp3) is 0.261. The van der Waals surface area contributed by atoms with Crippen LogP contribution in [-0.4, -0.2) is 37.0 Å². The number of nitrogens with zero attached hydrogens (tertiary/aromatic N) is 2. The Balaban J connectivity index is 1.54. The number of fused-ring (bicyclic) bond motifs is 1. The lowest BCUT2D eigenvalue weighted by atomic mass is 10.1. The maximum atomic E-state index is 12.6. The van der Waals surface area contributed by atoms with E-state index < -0.39 is 0 Å². The van der Waals surface area contributed by atoms with Gasteiger partial charge in [0, 0.05) is 31.6 Å². The number of carbonyl (C=O) groups excluding carboxylic acids is 2. The first-order valence-electron chi connectivity index (χ1n) is 9.72. The summed E-state index contributed by atoms with van der Waals surface area (Å²) in [6, 6.07) is 16.7. The van der Waals surface area contributed by atoms with Gasteiger partial charge in [-0.05, 0) is 49.7 Å². The highest BCUT2D eigenvalue weighted by atomic mass is 16.5. The summed E-state index contributed by atoms with van der Waals surface area (Å²) < 4.78 is 5.49. The van der Waals surface area contributed by atoms with Gasteiger partial charge in [0.05, 0.1) is 23.4 Å². The number of aromatic nitrogens is 1. The number of rotatable bonds is 8. The van der Waals surface area contributed by atoms with Crippen molar-refractivity contribution in [2.24, 2.45) is 0 Å². The summed E-state index contributed by atoms with van der Waals surface area (Å²) in [7, 11) is 1.76. The summed E-state index contributed by atoms with van der Waals surface area (Å²) >= 11 is 0. The number of ether oxygens (including phenoxy) is 1. The van der Waals surface area contributed by atoms with Crippen molar-refractivity contribution < 1.29 is 14.3 Å². The zero-order valence-electron chi connectivity index (χ0n) is 16.7. The average Bonchev–Trinajstić information content (AvgIpc) is 2.76. The first-order valence-corrected chi connectivity index (χ1v) is 9.72. The van der Waals surface area contributed by atoms with E-state index in [9.17, 15) is 9.59 Å². The highest BCUT2D eigenvalue weighted by Gasteiger charge is 2.15. The van der Waals surface area contributed by atoms with E-state index in [0.29, 0.717) is 37.3 Å². The molecule has 0 saturated heterocycles. The Morgan fingerprint density at radius 2 is 1.90 bits per heavy atom. The second-order valence-corrected chi connectivity index (χ2v) is 6.59. The molecule has 0 aliphatic carbocycles. The predicted octanol–water partition coefficient (Wildman–Crippen LogP) is 3.81. The van der Waals surface area contributed by atoms with Crippen LogP contribution in [0.1, 0.15) is 30.1 Å². The van der Waals surface area contributed by atoms with Crippen molar-refractivity contribution >= 4 is 28.4 Å². The van der Waals surface area contributed by atoms with Gasteiger partial charge in [-0.2, -0.15) is 0 Å². The first kappa shape index (κ1) is 20.3. The van der Waals surface area contributed by atoms with Crippen LogP contribution in [0.5, 0.6) is 5.75 Å². The molecule has 3 rings (SSSR count). The van der Waals surface area contributed by atoms with E-state index in [1.165, 1.54) is 0 Å². The second-order valence-electron chi connectivity index (χ2n) is 6.59. The molecule has 1 heterocycles. The fourth-order valence-corrected chi connectivity index (χ4v) is 3.15. The Labute approximate surface area is 170 Å². The van der Waals surface area contributed by atoms with Gasteiger partial charge < -0.3 is 15.0 Å². The molecule has 6 nitrogen and oxygen atoms in total. The van der Waals surface area contributed by atoms with E-state index >= 15 is 0 Å². The van der Waals surface area contributed by atoms with Crippen molar-refractivity contribution in [3.8, 4) is 5.75 Å². The molecule has 1 aromatic heterocycles. The van der Waals surface area contributed by atoms with Gasteiger partial charge in [-0.25, -0.2) is 0 Å². The molecule has 29 heavy (non-hydrogen) atoms. The minimum atomic E-state index is -0.199. The monoisotopic (exact) mass is 391 g/mol. The normalized spacial score (nSPS) is 10.6. The predicted molar refractivity (Wildman–Crippen MR) is 114 cm³/mol. The number of para-hydroxylation sites is 1. The molecule has 3 aromatic rings. The fourth-order valence-electron chi connectivity index (χ4n) is 3.15. The van der Waals surface area contributed by atoms with Gasteiger partial charge in [-0.15, -0.1) is 0 Å². The second kappa shape index (κ2) is 9.68. The highest BCUT2D eigenvalue weighted by Crippen LogP contribution is 2.25. The van der Waals surface area contributed by atoms with Crippen LogP contribution >= 0.6 is 0 Å². The number of hydrogen-bond donors (Lipinski definition) is 1. The molecule has 2 amide bonds. The summed E-state index contributed by atoms with van der Waals surface area (Å²) in [5.41, 5.74) is 2.18. The molecule has 2 aromatic carbocycles. The molecule has 0 bridgehead atoms. The number of benzene rings is 2. The van der Waals surface area contributed by atoms with E-state index in [4.69, 9.17) is 4.74 Å². The third-order valence-corrected chi connectivity index (χ3v) is 4.64. The summed E-state index contributed by atoms with van der Waals surface area (Å²) in [6.07, 6.45) is 2.62. The Kier molecular flexibility index (Phi) is 6.79. The molecular weight excluding hydrogens is 366 g/mol. The van der Waals surface area contributed by atoms with Crippen LogP contribution in [0.3, 0.4) is 0 Å². The molecule has 0 radical (unpaired) electrons. The van der Waals surface area contributed by atoms with Crippen molar-refractivity contribution in [1.82, 2.24) is 10.3 Å². The van der Waals surface area contributed by atoms with Gasteiger partial charge >= 0.3 is 0 Å². The Morgan fingerprint density at radius 1 is 1.07 bits per heavy atom. The molecule has 150 valence electrons. The van der Waals surface area contributed by atoms with Crippen LogP contribution in [0.15, 0.2) is 60.8 Å². The molecule has 0 aliphatic heterocycles. The minimum Gasteiger partial charge on any atom is -0.493 e. The molecule has 0 aliphatic rings. The lowest BCUT2D eigenvalue weighted by Gasteiger charge is -2.19. The summed E-state index contributed by atoms with van der Waals surface area (Å²) in [6.45, 7) is 2.79. The third kappa shape index (κ3) is 4.90. The van der Waals surface area contributed by atoms with E-state index in [1.54, 1.807) is 36.3 Å². The van der Waals surface area contributed by atoms with Crippen molar-refractivity contribution in [2.45, 2.75) is 19.8 Å². The molecule has 0 atom stereocenters. The lowest BCUT2D eigenvalue weighted by molar-refractivity contribution is -0.118. The molecular formula is C23H25N3O3. The topological polar surface area (TPSA) is 71.5 Å². The molecule has 0 unspecified atom stereocenters. The molecule has 6 heteroatoms. The van der Waals surface area contributed by atoms with Crippen molar-refractivity contribution in [2.75, 3.05) is 25.1 Å². The third-order valence-electron chi connectivity index (χ3n) is 4.64. The van der Waals surface area contributed by atoms with E-state index in [1.807, 2.05) is 43.3 Å². The van der Waals surface area contributed by atoms with Crippen LogP contribution in [0.4, 0.5) is 5.69 Å². The van der Waals surface area contributed by atoms with Gasteiger partial charge in [0.1, 0.15) is 5.75 Å². The highest BCUT2D eigenvalue weighted by molar-refractivity contribution is 6.02. The summed E-state index contributed by atoms with van der Waals surface area (Å²) in [4.78, 5) is 31.0. The molecule has 1 N–H and O–H groups in total. The number of nitrogens with one attached hydrogen (secondary N) is 1. The van der Waals surface area contributed by atoms with Crippen LogP contribution in [-0.2, 0) is 4.79 Å². The van der Waals surface area contributed by atoms with E-state index in [-0.39, 0.29) is 11.8 Å². The molecule has 0 fully saturated rings. The molecule has 0 saturated carbocycles. The zero-order chi connectivity index (χ0) is 20.6. The maximum absolute atomic E-state index is 12.6. The number of anilines is 1. The van der Waals surface area contributed by atoms with Crippen LogP contribution in [0.25, 0.3) is 10.9 Å². The summed E-state index contributed by atoms with van der Waals surface area (Å²) in [5, 5.41) is 3.80. The van der Waals surface area contributed by atoms with Crippen LogP contribution in [0.2, 0.25) is 0 Å². The Morgan fingerprint density at radius 3 is 2.72 bits per heavy atom. The summed E-state index contributed by atoms with van der Waals surface area (Å²) in [5.74, 6) is 0.355. The van der Waals surface area contributed by atoms with Gasteiger partial charge in [0.2, 0.25) is 5.91 Å². The van der Waals surface area contributed by atoms with E-state index in [0.717, 1.165) is 16.6 Å². The number of pyridine rings is 1. The van der Waals surface area contributed by atoms with Gasteiger partial charge in [-0.3, -0.25) is 14.6 Å². The SMILES string of the molecule is CCOc1ccccc1C(=O)NCCCC(=O)N(C)c1cccc2ncccc12. The maximum Gasteiger partial charge on any atom is 0.255 e.